The van der Waals surface area contributed by atoms with Gasteiger partial charge in [0.2, 0.25) is 0 Å². The van der Waals surface area contributed by atoms with Crippen molar-refractivity contribution in [3.8, 4) is 0 Å². The van der Waals surface area contributed by atoms with Crippen LogP contribution in [-0.4, -0.2) is 38.6 Å². The normalized spacial score (nSPS) is 10.9. The first-order valence-corrected chi connectivity index (χ1v) is 8.35. The van der Waals surface area contributed by atoms with Crippen molar-refractivity contribution in [2.75, 3.05) is 18.5 Å². The van der Waals surface area contributed by atoms with E-state index in [1.165, 1.54) is 22.9 Å². The molecule has 0 fully saturated rings. The Bertz CT molecular complexity index is 966. The Morgan fingerprint density at radius 1 is 1.35 bits per heavy atom. The number of imidazole rings is 1. The second-order valence-corrected chi connectivity index (χ2v) is 6.24. The number of hydrogen-bond acceptors (Lipinski definition) is 6. The van der Waals surface area contributed by atoms with Gasteiger partial charge in [-0.25, -0.2) is 24.2 Å². The number of rotatable bonds is 6. The molecule has 3 aromatic rings. The predicted molar refractivity (Wildman–Crippen MR) is 95.8 cm³/mol. The number of nitrogens with zero attached hydrogens (tertiary/aromatic N) is 3. The van der Waals surface area contributed by atoms with Crippen molar-refractivity contribution >= 4 is 45.7 Å². The standard InChI is InChI=1S/C15H12F2IN5O3/c16-9-5-8(18)1-2-11(9)20-14-12(15(25)22-26-4-3-24)21-13-10(17)6-19-7-23(13)14/h1-2,5-7,20,24H,3-4H2,(H,22,25). The Labute approximate surface area is 159 Å². The van der Waals surface area contributed by atoms with E-state index < -0.39 is 17.5 Å². The van der Waals surface area contributed by atoms with E-state index in [0.29, 0.717) is 3.57 Å². The minimum atomic E-state index is -0.796. The van der Waals surface area contributed by atoms with Gasteiger partial charge in [0.25, 0.3) is 5.91 Å². The molecule has 2 aromatic heterocycles. The molecule has 0 aliphatic carbocycles. The Morgan fingerprint density at radius 2 is 2.15 bits per heavy atom. The van der Waals surface area contributed by atoms with Crippen LogP contribution in [-0.2, 0) is 4.84 Å². The fourth-order valence-electron chi connectivity index (χ4n) is 2.14. The summed E-state index contributed by atoms with van der Waals surface area (Å²) in [4.78, 5) is 24.7. The second-order valence-electron chi connectivity index (χ2n) is 5.00. The molecule has 0 atom stereocenters. The molecular formula is C15H12F2IN5O3. The van der Waals surface area contributed by atoms with Gasteiger partial charge in [0.1, 0.15) is 18.0 Å². The lowest BCUT2D eigenvalue weighted by Gasteiger charge is -2.10. The monoisotopic (exact) mass is 475 g/mol. The summed E-state index contributed by atoms with van der Waals surface area (Å²) in [5.74, 6) is -2.10. The molecule has 0 aliphatic heterocycles. The van der Waals surface area contributed by atoms with E-state index >= 15 is 0 Å². The fourth-order valence-corrected chi connectivity index (χ4v) is 2.60. The first-order chi connectivity index (χ1) is 12.5. The van der Waals surface area contributed by atoms with E-state index in [1.54, 1.807) is 6.07 Å². The summed E-state index contributed by atoms with van der Waals surface area (Å²) < 4.78 is 30.0. The molecule has 26 heavy (non-hydrogen) atoms. The number of aromatic nitrogens is 3. The fraction of sp³-hybridized carbons (Fsp3) is 0.133. The van der Waals surface area contributed by atoms with Crippen molar-refractivity contribution in [3.05, 3.63) is 51.6 Å². The zero-order chi connectivity index (χ0) is 18.7. The van der Waals surface area contributed by atoms with Gasteiger partial charge >= 0.3 is 0 Å². The number of hydrogen-bond donors (Lipinski definition) is 3. The minimum Gasteiger partial charge on any atom is -0.394 e. The average Bonchev–Trinajstić information content (AvgIpc) is 2.98. The molecular weight excluding hydrogens is 463 g/mol. The number of aliphatic hydroxyl groups is 1. The summed E-state index contributed by atoms with van der Waals surface area (Å²) in [7, 11) is 0. The molecule has 0 saturated heterocycles. The van der Waals surface area contributed by atoms with Crippen LogP contribution in [0.1, 0.15) is 10.5 Å². The molecule has 0 unspecified atom stereocenters. The van der Waals surface area contributed by atoms with Crippen LogP contribution in [0.25, 0.3) is 5.65 Å². The average molecular weight is 475 g/mol. The van der Waals surface area contributed by atoms with Gasteiger partial charge in [-0.05, 0) is 40.8 Å². The van der Waals surface area contributed by atoms with Gasteiger partial charge < -0.3 is 10.4 Å². The van der Waals surface area contributed by atoms with E-state index in [1.807, 2.05) is 22.6 Å². The van der Waals surface area contributed by atoms with Crippen molar-refractivity contribution in [2.24, 2.45) is 0 Å². The zero-order valence-corrected chi connectivity index (χ0v) is 15.2. The highest BCUT2D eigenvalue weighted by Crippen LogP contribution is 2.26. The van der Waals surface area contributed by atoms with Crippen molar-refractivity contribution in [1.82, 2.24) is 19.8 Å². The summed E-state index contributed by atoms with van der Waals surface area (Å²) in [5.41, 5.74) is 1.75. The van der Waals surface area contributed by atoms with Crippen molar-refractivity contribution in [1.29, 1.82) is 0 Å². The third kappa shape index (κ3) is 3.73. The van der Waals surface area contributed by atoms with E-state index in [4.69, 9.17) is 9.94 Å². The maximum Gasteiger partial charge on any atom is 0.297 e. The molecule has 1 amide bonds. The summed E-state index contributed by atoms with van der Waals surface area (Å²) in [6.07, 6.45) is 2.19. The smallest absolute Gasteiger partial charge is 0.297 e. The first kappa shape index (κ1) is 18.4. The van der Waals surface area contributed by atoms with E-state index in [0.717, 1.165) is 6.20 Å². The van der Waals surface area contributed by atoms with Crippen LogP contribution in [0.15, 0.2) is 30.7 Å². The minimum absolute atomic E-state index is 0.0113. The van der Waals surface area contributed by atoms with Gasteiger partial charge in [-0.1, -0.05) is 0 Å². The number of halogens is 3. The number of carbonyl (C=O) groups excluding carboxylic acids is 1. The summed E-state index contributed by atoms with van der Waals surface area (Å²) in [6, 6.07) is 4.44. The third-order valence-corrected chi connectivity index (χ3v) is 3.92. The summed E-state index contributed by atoms with van der Waals surface area (Å²) in [6.45, 7) is -0.438. The molecule has 3 rings (SSSR count). The van der Waals surface area contributed by atoms with E-state index in [-0.39, 0.29) is 36.1 Å². The van der Waals surface area contributed by atoms with Gasteiger partial charge in [0.05, 0.1) is 25.1 Å². The molecule has 8 nitrogen and oxygen atoms in total. The lowest BCUT2D eigenvalue weighted by Crippen LogP contribution is -2.26. The molecule has 0 bridgehead atoms. The number of carbonyl (C=O) groups is 1. The first-order valence-electron chi connectivity index (χ1n) is 7.28. The van der Waals surface area contributed by atoms with Crippen LogP contribution in [0.3, 0.4) is 0 Å². The molecule has 0 spiro atoms. The van der Waals surface area contributed by atoms with Crippen LogP contribution in [0.4, 0.5) is 20.3 Å². The number of aliphatic hydroxyl groups excluding tert-OH is 1. The van der Waals surface area contributed by atoms with Gasteiger partial charge in [0, 0.05) is 3.57 Å². The van der Waals surface area contributed by atoms with Crippen molar-refractivity contribution < 1.29 is 23.5 Å². The summed E-state index contributed by atoms with van der Waals surface area (Å²) in [5, 5.41) is 11.4. The van der Waals surface area contributed by atoms with E-state index in [9.17, 15) is 13.6 Å². The van der Waals surface area contributed by atoms with Gasteiger partial charge in [0.15, 0.2) is 17.2 Å². The Balaban J connectivity index is 2.04. The van der Waals surface area contributed by atoms with E-state index in [2.05, 4.69) is 20.8 Å². The highest BCUT2D eigenvalue weighted by molar-refractivity contribution is 14.1. The van der Waals surface area contributed by atoms with Crippen LogP contribution < -0.4 is 10.8 Å². The Hall–Kier alpha value is -2.38. The number of fused-ring (bicyclic) bond motifs is 1. The third-order valence-electron chi connectivity index (χ3n) is 3.25. The molecule has 0 aliphatic rings. The highest BCUT2D eigenvalue weighted by Gasteiger charge is 2.22. The van der Waals surface area contributed by atoms with Gasteiger partial charge in [-0.2, -0.15) is 0 Å². The second kappa shape index (κ2) is 7.88. The maximum absolute atomic E-state index is 14.2. The van der Waals surface area contributed by atoms with Crippen LogP contribution in [0.2, 0.25) is 0 Å². The molecule has 11 heteroatoms. The highest BCUT2D eigenvalue weighted by atomic mass is 127. The molecule has 0 radical (unpaired) electrons. The van der Waals surface area contributed by atoms with Crippen molar-refractivity contribution in [3.63, 3.8) is 0 Å². The summed E-state index contributed by atoms with van der Waals surface area (Å²) >= 11 is 1.96. The molecule has 136 valence electrons. The predicted octanol–water partition coefficient (Wildman–Crippen LogP) is 2.01. The molecule has 3 N–H and O–H groups in total. The molecule has 0 saturated carbocycles. The number of amides is 1. The molecule has 1 aromatic carbocycles. The lowest BCUT2D eigenvalue weighted by atomic mass is 10.3. The largest absolute Gasteiger partial charge is 0.394 e. The topological polar surface area (TPSA) is 101 Å². The molecule has 2 heterocycles. The van der Waals surface area contributed by atoms with Gasteiger partial charge in [-0.15, -0.1) is 0 Å². The van der Waals surface area contributed by atoms with Crippen LogP contribution in [0, 0.1) is 15.2 Å². The number of anilines is 2. The maximum atomic E-state index is 14.2. The Kier molecular flexibility index (Phi) is 5.58. The van der Waals surface area contributed by atoms with Crippen molar-refractivity contribution in [2.45, 2.75) is 0 Å². The van der Waals surface area contributed by atoms with Crippen LogP contribution >= 0.6 is 22.6 Å². The number of benzene rings is 1. The van der Waals surface area contributed by atoms with Crippen LogP contribution in [0.5, 0.6) is 0 Å². The zero-order valence-electron chi connectivity index (χ0n) is 13.0. The Morgan fingerprint density at radius 3 is 2.88 bits per heavy atom. The number of nitrogens with one attached hydrogen (secondary N) is 2. The quantitative estimate of drug-likeness (QED) is 0.287. The SMILES string of the molecule is O=C(NOCCO)c1nc2c(F)cncn2c1Nc1ccc(I)cc1F. The number of hydroxylamine groups is 1. The lowest BCUT2D eigenvalue weighted by molar-refractivity contribution is 0.0166. The van der Waals surface area contributed by atoms with Gasteiger partial charge in [-0.3, -0.25) is 14.0 Å².